The van der Waals surface area contributed by atoms with Gasteiger partial charge < -0.3 is 15.0 Å². The summed E-state index contributed by atoms with van der Waals surface area (Å²) in [5.41, 5.74) is 1.11. The normalized spacial score (nSPS) is 15.2. The Labute approximate surface area is 137 Å². The Hall–Kier alpha value is -1.14. The van der Waals surface area contributed by atoms with Gasteiger partial charge in [-0.15, -0.1) is 11.3 Å². The number of aryl methyl sites for hydroxylation is 2. The van der Waals surface area contributed by atoms with Crippen LogP contribution in [0, 0.1) is 19.8 Å². The van der Waals surface area contributed by atoms with E-state index in [2.05, 4.69) is 41.1 Å². The molecule has 0 unspecified atom stereocenters. The number of aromatic nitrogens is 1. The summed E-state index contributed by atoms with van der Waals surface area (Å²) in [6.45, 7) is 10.3. The minimum atomic E-state index is 0.634. The molecule has 0 radical (unpaired) electrons. The first-order chi connectivity index (χ1) is 10.6. The van der Waals surface area contributed by atoms with Gasteiger partial charge in [-0.25, -0.2) is 9.98 Å². The van der Waals surface area contributed by atoms with Crippen LogP contribution in [-0.4, -0.2) is 49.2 Å². The van der Waals surface area contributed by atoms with E-state index >= 15 is 0 Å². The van der Waals surface area contributed by atoms with Crippen LogP contribution in [0.5, 0.6) is 0 Å². The summed E-state index contributed by atoms with van der Waals surface area (Å²) < 4.78 is 5.70. The number of thiazole rings is 1. The van der Waals surface area contributed by atoms with Gasteiger partial charge >= 0.3 is 0 Å². The SMILES string of the molecule is CCNC(=NCc1nc(C)c(C)s1)N(C)CCOCC1CC1. The molecular weight excluding hydrogens is 296 g/mol. The average Bonchev–Trinajstić information content (AvgIpc) is 3.25. The third kappa shape index (κ3) is 5.57. The van der Waals surface area contributed by atoms with E-state index in [0.717, 1.165) is 48.9 Å². The first-order valence-corrected chi connectivity index (χ1v) is 8.92. The van der Waals surface area contributed by atoms with Crippen molar-refractivity contribution in [3.05, 3.63) is 15.6 Å². The average molecular weight is 324 g/mol. The van der Waals surface area contributed by atoms with Crippen LogP contribution in [0.3, 0.4) is 0 Å². The highest BCUT2D eigenvalue weighted by atomic mass is 32.1. The second-order valence-corrected chi connectivity index (χ2v) is 7.15. The fourth-order valence-electron chi connectivity index (χ4n) is 2.06. The van der Waals surface area contributed by atoms with E-state index in [0.29, 0.717) is 6.54 Å². The number of guanidine groups is 1. The molecule has 0 saturated heterocycles. The van der Waals surface area contributed by atoms with Crippen LogP contribution in [0.4, 0.5) is 0 Å². The zero-order chi connectivity index (χ0) is 15.9. The van der Waals surface area contributed by atoms with Gasteiger partial charge in [0.1, 0.15) is 5.01 Å². The van der Waals surface area contributed by atoms with E-state index in [9.17, 15) is 0 Å². The van der Waals surface area contributed by atoms with E-state index in [-0.39, 0.29) is 0 Å². The highest BCUT2D eigenvalue weighted by molar-refractivity contribution is 7.11. The molecule has 5 nitrogen and oxygen atoms in total. The maximum atomic E-state index is 5.70. The molecule has 6 heteroatoms. The molecule has 0 aliphatic heterocycles. The van der Waals surface area contributed by atoms with E-state index in [1.165, 1.54) is 17.7 Å². The summed E-state index contributed by atoms with van der Waals surface area (Å²) in [5, 5.41) is 4.41. The first-order valence-electron chi connectivity index (χ1n) is 8.10. The van der Waals surface area contributed by atoms with Gasteiger partial charge in [0.2, 0.25) is 0 Å². The fourth-order valence-corrected chi connectivity index (χ4v) is 2.92. The lowest BCUT2D eigenvalue weighted by molar-refractivity contribution is 0.115. The van der Waals surface area contributed by atoms with E-state index in [1.54, 1.807) is 11.3 Å². The number of ether oxygens (including phenoxy) is 1. The standard InChI is InChI=1S/C16H28N4OS/c1-5-17-16(18-10-15-19-12(2)13(3)22-15)20(4)8-9-21-11-14-6-7-14/h14H,5-11H2,1-4H3,(H,17,18). The molecule has 0 aromatic carbocycles. The molecule has 1 aliphatic rings. The Bertz CT molecular complexity index is 477. The lowest BCUT2D eigenvalue weighted by Crippen LogP contribution is -2.40. The van der Waals surface area contributed by atoms with Gasteiger partial charge in [0.25, 0.3) is 0 Å². The number of likely N-dealkylation sites (N-methyl/N-ethyl adjacent to an activating group) is 1. The summed E-state index contributed by atoms with van der Waals surface area (Å²) in [7, 11) is 2.06. The van der Waals surface area contributed by atoms with Gasteiger partial charge in [0.05, 0.1) is 18.8 Å². The molecule has 0 spiro atoms. The van der Waals surface area contributed by atoms with Crippen molar-refractivity contribution in [2.75, 3.05) is 33.4 Å². The van der Waals surface area contributed by atoms with Gasteiger partial charge in [-0.3, -0.25) is 0 Å². The Morgan fingerprint density at radius 3 is 2.82 bits per heavy atom. The Morgan fingerprint density at radius 1 is 1.45 bits per heavy atom. The zero-order valence-electron chi connectivity index (χ0n) is 14.2. The van der Waals surface area contributed by atoms with Crippen molar-refractivity contribution in [3.63, 3.8) is 0 Å². The Balaban J connectivity index is 1.81. The molecule has 124 valence electrons. The summed E-state index contributed by atoms with van der Waals surface area (Å²) in [4.78, 5) is 12.6. The Morgan fingerprint density at radius 2 is 2.23 bits per heavy atom. The number of nitrogens with zero attached hydrogens (tertiary/aromatic N) is 3. The summed E-state index contributed by atoms with van der Waals surface area (Å²) in [5.74, 6) is 1.74. The van der Waals surface area contributed by atoms with Crippen LogP contribution in [0.25, 0.3) is 0 Å². The first kappa shape index (κ1) is 17.2. The highest BCUT2D eigenvalue weighted by Crippen LogP contribution is 2.28. The second kappa shape index (κ2) is 8.48. The summed E-state index contributed by atoms with van der Waals surface area (Å²) >= 11 is 1.73. The van der Waals surface area contributed by atoms with Gasteiger partial charge in [0.15, 0.2) is 5.96 Å². The molecule has 1 aromatic rings. The number of rotatable bonds is 8. The predicted octanol–water partition coefficient (Wildman–Crippen LogP) is 2.58. The molecule has 22 heavy (non-hydrogen) atoms. The molecule has 1 aromatic heterocycles. The highest BCUT2D eigenvalue weighted by Gasteiger charge is 2.21. The topological polar surface area (TPSA) is 49.8 Å². The van der Waals surface area contributed by atoms with E-state index in [4.69, 9.17) is 4.74 Å². The third-order valence-electron chi connectivity index (χ3n) is 3.75. The quantitative estimate of drug-likeness (QED) is 0.454. The van der Waals surface area contributed by atoms with Gasteiger partial charge in [-0.2, -0.15) is 0 Å². The minimum Gasteiger partial charge on any atom is -0.379 e. The number of nitrogens with one attached hydrogen (secondary N) is 1. The molecular formula is C16H28N4OS. The number of hydrogen-bond acceptors (Lipinski definition) is 4. The molecule has 2 rings (SSSR count). The Kier molecular flexibility index (Phi) is 6.64. The fraction of sp³-hybridized carbons (Fsp3) is 0.750. The minimum absolute atomic E-state index is 0.634. The van der Waals surface area contributed by atoms with Gasteiger partial charge in [-0.1, -0.05) is 0 Å². The molecule has 1 N–H and O–H groups in total. The number of aliphatic imine (C=N–C) groups is 1. The lowest BCUT2D eigenvalue weighted by Gasteiger charge is -2.21. The van der Waals surface area contributed by atoms with Crippen molar-refractivity contribution >= 4 is 17.3 Å². The van der Waals surface area contributed by atoms with Crippen LogP contribution < -0.4 is 5.32 Å². The van der Waals surface area contributed by atoms with Crippen molar-refractivity contribution in [3.8, 4) is 0 Å². The molecule has 1 fully saturated rings. The lowest BCUT2D eigenvalue weighted by atomic mass is 10.4. The molecule has 0 atom stereocenters. The van der Waals surface area contributed by atoms with Crippen molar-refractivity contribution in [1.82, 2.24) is 15.2 Å². The largest absolute Gasteiger partial charge is 0.379 e. The van der Waals surface area contributed by atoms with Gasteiger partial charge in [0, 0.05) is 31.6 Å². The summed E-state index contributed by atoms with van der Waals surface area (Å²) in [6, 6.07) is 0. The molecule has 1 aliphatic carbocycles. The molecule has 0 bridgehead atoms. The molecule has 1 heterocycles. The van der Waals surface area contributed by atoms with E-state index < -0.39 is 0 Å². The van der Waals surface area contributed by atoms with Crippen LogP contribution in [-0.2, 0) is 11.3 Å². The maximum Gasteiger partial charge on any atom is 0.194 e. The summed E-state index contributed by atoms with van der Waals surface area (Å²) in [6.07, 6.45) is 2.68. The van der Waals surface area contributed by atoms with Crippen molar-refractivity contribution in [2.45, 2.75) is 40.2 Å². The van der Waals surface area contributed by atoms with Crippen LogP contribution >= 0.6 is 11.3 Å². The zero-order valence-corrected chi connectivity index (χ0v) is 15.0. The second-order valence-electron chi connectivity index (χ2n) is 5.86. The van der Waals surface area contributed by atoms with Crippen LogP contribution in [0.2, 0.25) is 0 Å². The van der Waals surface area contributed by atoms with Crippen molar-refractivity contribution in [2.24, 2.45) is 10.9 Å². The predicted molar refractivity (Wildman–Crippen MR) is 92.6 cm³/mol. The third-order valence-corrected chi connectivity index (χ3v) is 4.81. The van der Waals surface area contributed by atoms with Crippen LogP contribution in [0.15, 0.2) is 4.99 Å². The monoisotopic (exact) mass is 324 g/mol. The van der Waals surface area contributed by atoms with Crippen molar-refractivity contribution < 1.29 is 4.74 Å². The van der Waals surface area contributed by atoms with Gasteiger partial charge in [-0.05, 0) is 39.5 Å². The molecule has 1 saturated carbocycles. The smallest absolute Gasteiger partial charge is 0.194 e. The maximum absolute atomic E-state index is 5.70. The van der Waals surface area contributed by atoms with Crippen molar-refractivity contribution in [1.29, 1.82) is 0 Å². The number of hydrogen-bond donors (Lipinski definition) is 1. The molecule has 0 amide bonds. The van der Waals surface area contributed by atoms with E-state index in [1.807, 2.05) is 6.92 Å². The van der Waals surface area contributed by atoms with Crippen LogP contribution in [0.1, 0.15) is 35.3 Å².